The van der Waals surface area contributed by atoms with Crippen LogP contribution in [0.1, 0.15) is 29.6 Å². The standard InChI is InChI=1S/C15H16ClFO3/c16-12-2-1-10(7-13(12)17)14(18)11-3-5-20-15(8-11)4-6-19-9-15/h1-2,7,11H,3-6,8-9H2. The van der Waals surface area contributed by atoms with E-state index in [0.717, 1.165) is 6.42 Å². The Balaban J connectivity index is 1.77. The van der Waals surface area contributed by atoms with Crippen LogP contribution in [0.25, 0.3) is 0 Å². The molecule has 5 heteroatoms. The highest BCUT2D eigenvalue weighted by molar-refractivity contribution is 6.30. The van der Waals surface area contributed by atoms with Gasteiger partial charge >= 0.3 is 0 Å². The number of rotatable bonds is 2. The fourth-order valence-electron chi connectivity index (χ4n) is 3.00. The number of ketones is 1. The molecule has 0 amide bonds. The summed E-state index contributed by atoms with van der Waals surface area (Å²) in [5.41, 5.74) is 0.0664. The van der Waals surface area contributed by atoms with E-state index in [1.807, 2.05) is 0 Å². The van der Waals surface area contributed by atoms with Crippen molar-refractivity contribution in [3.05, 3.63) is 34.6 Å². The molecule has 0 radical (unpaired) electrons. The van der Waals surface area contributed by atoms with Crippen LogP contribution >= 0.6 is 11.6 Å². The van der Waals surface area contributed by atoms with Crippen molar-refractivity contribution in [2.45, 2.75) is 24.9 Å². The SMILES string of the molecule is O=C(c1ccc(Cl)c(F)c1)C1CCOC2(CCOC2)C1. The van der Waals surface area contributed by atoms with Gasteiger partial charge in [-0.05, 0) is 31.0 Å². The minimum atomic E-state index is -0.552. The van der Waals surface area contributed by atoms with E-state index in [4.69, 9.17) is 21.1 Å². The summed E-state index contributed by atoms with van der Waals surface area (Å²) in [6, 6.07) is 4.23. The average Bonchev–Trinajstić information content (AvgIpc) is 2.89. The summed E-state index contributed by atoms with van der Waals surface area (Å²) in [4.78, 5) is 12.5. The largest absolute Gasteiger partial charge is 0.378 e. The minimum absolute atomic E-state index is 0.0323. The Labute approximate surface area is 122 Å². The molecule has 0 bridgehead atoms. The van der Waals surface area contributed by atoms with Crippen molar-refractivity contribution in [1.82, 2.24) is 0 Å². The molecule has 2 atom stereocenters. The molecule has 3 rings (SSSR count). The zero-order chi connectivity index (χ0) is 14.2. The van der Waals surface area contributed by atoms with Crippen molar-refractivity contribution < 1.29 is 18.7 Å². The van der Waals surface area contributed by atoms with Gasteiger partial charge in [-0.1, -0.05) is 11.6 Å². The molecule has 3 nitrogen and oxygen atoms in total. The van der Waals surface area contributed by atoms with Crippen molar-refractivity contribution in [2.75, 3.05) is 19.8 Å². The Morgan fingerprint density at radius 3 is 2.95 bits per heavy atom. The highest BCUT2D eigenvalue weighted by Gasteiger charge is 2.43. The third-order valence-electron chi connectivity index (χ3n) is 4.14. The lowest BCUT2D eigenvalue weighted by atomic mass is 9.81. The van der Waals surface area contributed by atoms with Crippen molar-refractivity contribution in [3.63, 3.8) is 0 Å². The molecule has 2 aliphatic heterocycles. The molecule has 1 aromatic rings. The van der Waals surface area contributed by atoms with Crippen LogP contribution in [0.15, 0.2) is 18.2 Å². The van der Waals surface area contributed by atoms with E-state index < -0.39 is 5.82 Å². The average molecular weight is 299 g/mol. The number of halogens is 2. The number of hydrogen-bond acceptors (Lipinski definition) is 3. The second-order valence-corrected chi connectivity index (χ2v) is 5.92. The van der Waals surface area contributed by atoms with Gasteiger partial charge in [0.15, 0.2) is 5.78 Å². The monoisotopic (exact) mass is 298 g/mol. The van der Waals surface area contributed by atoms with Crippen LogP contribution in [0, 0.1) is 11.7 Å². The maximum Gasteiger partial charge on any atom is 0.166 e. The maximum atomic E-state index is 13.5. The highest BCUT2D eigenvalue weighted by Crippen LogP contribution is 2.37. The number of carbonyl (C=O) groups excluding carboxylic acids is 1. The Hall–Kier alpha value is -0.970. The summed E-state index contributed by atoms with van der Waals surface area (Å²) in [5.74, 6) is -0.718. The smallest absolute Gasteiger partial charge is 0.166 e. The van der Waals surface area contributed by atoms with E-state index in [2.05, 4.69) is 0 Å². The van der Waals surface area contributed by atoms with Gasteiger partial charge < -0.3 is 9.47 Å². The molecule has 0 N–H and O–H groups in total. The quantitative estimate of drug-likeness (QED) is 0.786. The zero-order valence-corrected chi connectivity index (χ0v) is 11.8. The zero-order valence-electron chi connectivity index (χ0n) is 11.0. The second kappa shape index (κ2) is 5.43. The molecule has 2 aliphatic rings. The topological polar surface area (TPSA) is 35.5 Å². The molecule has 2 saturated heterocycles. The van der Waals surface area contributed by atoms with E-state index in [0.29, 0.717) is 38.2 Å². The fourth-order valence-corrected chi connectivity index (χ4v) is 3.12. The van der Waals surface area contributed by atoms with Crippen LogP contribution in [0.2, 0.25) is 5.02 Å². The first-order chi connectivity index (χ1) is 9.60. The first-order valence-corrected chi connectivity index (χ1v) is 7.18. The van der Waals surface area contributed by atoms with Crippen LogP contribution in [-0.2, 0) is 9.47 Å². The third-order valence-corrected chi connectivity index (χ3v) is 4.44. The molecule has 2 heterocycles. The van der Waals surface area contributed by atoms with Crippen molar-refractivity contribution in [2.24, 2.45) is 5.92 Å². The van der Waals surface area contributed by atoms with Gasteiger partial charge in [0.05, 0.1) is 17.2 Å². The van der Waals surface area contributed by atoms with Gasteiger partial charge in [0.25, 0.3) is 0 Å². The molecule has 0 aliphatic carbocycles. The second-order valence-electron chi connectivity index (χ2n) is 5.52. The molecule has 0 aromatic heterocycles. The van der Waals surface area contributed by atoms with Crippen LogP contribution in [-0.4, -0.2) is 31.2 Å². The van der Waals surface area contributed by atoms with E-state index in [1.54, 1.807) is 6.07 Å². The summed E-state index contributed by atoms with van der Waals surface area (Å²) in [5, 5.41) is 0.0363. The lowest BCUT2D eigenvalue weighted by Crippen LogP contribution is -2.42. The van der Waals surface area contributed by atoms with Gasteiger partial charge in [-0.25, -0.2) is 4.39 Å². The molecular weight excluding hydrogens is 283 g/mol. The summed E-state index contributed by atoms with van der Waals surface area (Å²) >= 11 is 5.65. The van der Waals surface area contributed by atoms with Crippen LogP contribution in [0.4, 0.5) is 4.39 Å². The highest BCUT2D eigenvalue weighted by atomic mass is 35.5. The first kappa shape index (κ1) is 14.0. The van der Waals surface area contributed by atoms with Crippen LogP contribution < -0.4 is 0 Å². The third kappa shape index (κ3) is 2.60. The predicted octanol–water partition coefficient (Wildman–Crippen LogP) is 3.25. The van der Waals surface area contributed by atoms with Crippen LogP contribution in [0.5, 0.6) is 0 Å². The van der Waals surface area contributed by atoms with E-state index in [1.165, 1.54) is 12.1 Å². The van der Waals surface area contributed by atoms with Gasteiger partial charge in [0.2, 0.25) is 0 Å². The number of carbonyl (C=O) groups is 1. The Morgan fingerprint density at radius 1 is 1.40 bits per heavy atom. The molecule has 2 fully saturated rings. The lowest BCUT2D eigenvalue weighted by Gasteiger charge is -2.36. The molecule has 1 aromatic carbocycles. The van der Waals surface area contributed by atoms with E-state index in [-0.39, 0.29) is 22.3 Å². The minimum Gasteiger partial charge on any atom is -0.378 e. The number of ether oxygens (including phenoxy) is 2. The fraction of sp³-hybridized carbons (Fsp3) is 0.533. The summed E-state index contributed by atoms with van der Waals surface area (Å²) in [6.07, 6.45) is 2.15. The molecule has 2 unspecified atom stereocenters. The molecule has 20 heavy (non-hydrogen) atoms. The van der Waals surface area contributed by atoms with Crippen molar-refractivity contribution in [1.29, 1.82) is 0 Å². The Kier molecular flexibility index (Phi) is 3.80. The van der Waals surface area contributed by atoms with Gasteiger partial charge in [-0.2, -0.15) is 0 Å². The molecule has 0 saturated carbocycles. The van der Waals surface area contributed by atoms with Crippen molar-refractivity contribution >= 4 is 17.4 Å². The molecule has 1 spiro atoms. The number of hydrogen-bond donors (Lipinski definition) is 0. The normalized spacial score (nSPS) is 29.8. The lowest BCUT2D eigenvalue weighted by molar-refractivity contribution is -0.0920. The van der Waals surface area contributed by atoms with Crippen LogP contribution in [0.3, 0.4) is 0 Å². The number of Topliss-reactive ketones (excluding diaryl/α,β-unsaturated/α-hetero) is 1. The van der Waals surface area contributed by atoms with Gasteiger partial charge in [-0.15, -0.1) is 0 Å². The summed E-state index contributed by atoms with van der Waals surface area (Å²) < 4.78 is 24.7. The predicted molar refractivity (Wildman–Crippen MR) is 72.6 cm³/mol. The first-order valence-electron chi connectivity index (χ1n) is 6.81. The van der Waals surface area contributed by atoms with Crippen molar-refractivity contribution in [3.8, 4) is 0 Å². The van der Waals surface area contributed by atoms with Gasteiger partial charge in [0.1, 0.15) is 5.82 Å². The van der Waals surface area contributed by atoms with E-state index in [9.17, 15) is 9.18 Å². The Morgan fingerprint density at radius 2 is 2.25 bits per heavy atom. The van der Waals surface area contributed by atoms with E-state index >= 15 is 0 Å². The van der Waals surface area contributed by atoms with Gasteiger partial charge in [0, 0.05) is 31.1 Å². The molecule has 108 valence electrons. The summed E-state index contributed by atoms with van der Waals surface area (Å²) in [6.45, 7) is 1.78. The van der Waals surface area contributed by atoms with Gasteiger partial charge in [-0.3, -0.25) is 4.79 Å². The Bertz CT molecular complexity index is 526. The number of benzene rings is 1. The maximum absolute atomic E-state index is 13.5. The molecular formula is C15H16ClFO3. The summed E-state index contributed by atoms with van der Waals surface area (Å²) in [7, 11) is 0.